The van der Waals surface area contributed by atoms with Gasteiger partial charge in [0, 0.05) is 37.8 Å². The van der Waals surface area contributed by atoms with E-state index in [1.807, 2.05) is 47.4 Å². The molecule has 2 heterocycles. The van der Waals surface area contributed by atoms with Crippen LogP contribution in [0.15, 0.2) is 42.5 Å². The van der Waals surface area contributed by atoms with Gasteiger partial charge in [0.1, 0.15) is 9.84 Å². The highest BCUT2D eigenvalue weighted by atomic mass is 32.2. The van der Waals surface area contributed by atoms with Crippen LogP contribution in [0.5, 0.6) is 0 Å². The lowest BCUT2D eigenvalue weighted by atomic mass is 10.0. The molecule has 138 valence electrons. The molecule has 2 aromatic rings. The average molecular weight is 372 g/mol. The van der Waals surface area contributed by atoms with Crippen molar-refractivity contribution in [2.45, 2.75) is 18.9 Å². The van der Waals surface area contributed by atoms with E-state index < -0.39 is 9.84 Å². The Bertz CT molecular complexity index is 898. The third-order valence-electron chi connectivity index (χ3n) is 5.66. The number of sulfone groups is 1. The molecule has 0 aliphatic carbocycles. The molecule has 0 unspecified atom stereocenters. The first-order valence-electron chi connectivity index (χ1n) is 9.25. The number of hydrogen-bond acceptors (Lipinski definition) is 4. The number of amides is 1. The number of carbonyl (C=O) groups is 1. The smallest absolute Gasteiger partial charge is 0.254 e. The Morgan fingerprint density at radius 2 is 1.54 bits per heavy atom. The lowest BCUT2D eigenvalue weighted by molar-refractivity contribution is 0.0559. The molecule has 6 heteroatoms. The number of fused-ring (bicyclic) bond motifs is 1. The molecule has 0 atom stereocenters. The summed E-state index contributed by atoms with van der Waals surface area (Å²) in [5.74, 6) is 0.687. The second kappa shape index (κ2) is 7.00. The molecule has 2 aliphatic heterocycles. The Morgan fingerprint density at radius 1 is 0.885 bits per heavy atom. The minimum atomic E-state index is -2.83. The van der Waals surface area contributed by atoms with Crippen molar-refractivity contribution < 1.29 is 13.2 Å². The predicted octanol–water partition coefficient (Wildman–Crippen LogP) is 2.17. The summed E-state index contributed by atoms with van der Waals surface area (Å²) in [4.78, 5) is 17.3. The van der Waals surface area contributed by atoms with Gasteiger partial charge in [0.25, 0.3) is 5.91 Å². The van der Waals surface area contributed by atoms with E-state index in [1.54, 1.807) is 0 Å². The van der Waals surface area contributed by atoms with Crippen molar-refractivity contribution in [1.29, 1.82) is 0 Å². The maximum absolute atomic E-state index is 13.0. The molecule has 2 aromatic carbocycles. The van der Waals surface area contributed by atoms with Gasteiger partial charge in [0.15, 0.2) is 0 Å². The van der Waals surface area contributed by atoms with Gasteiger partial charge in [-0.15, -0.1) is 0 Å². The number of piperazine rings is 1. The third-order valence-corrected chi connectivity index (χ3v) is 7.38. The summed E-state index contributed by atoms with van der Waals surface area (Å²) in [6.07, 6.45) is 1.44. The Labute approximate surface area is 154 Å². The molecule has 0 saturated carbocycles. The van der Waals surface area contributed by atoms with Crippen molar-refractivity contribution >= 4 is 26.5 Å². The molecule has 26 heavy (non-hydrogen) atoms. The van der Waals surface area contributed by atoms with Gasteiger partial charge in [-0.3, -0.25) is 9.69 Å². The van der Waals surface area contributed by atoms with Gasteiger partial charge in [-0.2, -0.15) is 0 Å². The summed E-state index contributed by atoms with van der Waals surface area (Å²) >= 11 is 0. The molecule has 4 rings (SSSR count). The summed E-state index contributed by atoms with van der Waals surface area (Å²) in [6, 6.07) is 14.2. The highest BCUT2D eigenvalue weighted by Crippen LogP contribution is 2.23. The number of hydrogen-bond donors (Lipinski definition) is 0. The van der Waals surface area contributed by atoms with E-state index in [2.05, 4.69) is 4.90 Å². The van der Waals surface area contributed by atoms with Gasteiger partial charge >= 0.3 is 0 Å². The average Bonchev–Trinajstić information content (AvgIpc) is 2.67. The number of carbonyl (C=O) groups excluding carboxylic acids is 1. The zero-order chi connectivity index (χ0) is 18.1. The van der Waals surface area contributed by atoms with Crippen molar-refractivity contribution in [3.05, 3.63) is 48.0 Å². The summed E-state index contributed by atoms with van der Waals surface area (Å²) in [7, 11) is -2.83. The van der Waals surface area contributed by atoms with Crippen LogP contribution in [0.1, 0.15) is 23.2 Å². The molecule has 0 radical (unpaired) electrons. The van der Waals surface area contributed by atoms with Gasteiger partial charge in [-0.1, -0.05) is 36.4 Å². The molecule has 2 saturated heterocycles. The van der Waals surface area contributed by atoms with E-state index in [9.17, 15) is 13.2 Å². The van der Waals surface area contributed by atoms with Crippen molar-refractivity contribution in [2.75, 3.05) is 37.7 Å². The minimum absolute atomic E-state index is 0.0904. The lowest BCUT2D eigenvalue weighted by Gasteiger charge is -2.40. The topological polar surface area (TPSA) is 57.7 Å². The number of rotatable bonds is 2. The van der Waals surface area contributed by atoms with Gasteiger partial charge in [0.05, 0.1) is 11.5 Å². The molecule has 0 spiro atoms. The maximum atomic E-state index is 13.0. The molecule has 0 N–H and O–H groups in total. The van der Waals surface area contributed by atoms with Crippen LogP contribution < -0.4 is 0 Å². The fourth-order valence-electron chi connectivity index (χ4n) is 4.12. The van der Waals surface area contributed by atoms with E-state index in [4.69, 9.17) is 0 Å². The zero-order valence-electron chi connectivity index (χ0n) is 14.8. The summed E-state index contributed by atoms with van der Waals surface area (Å²) in [5, 5.41) is 2.08. The Balaban J connectivity index is 1.42. The molecule has 0 aromatic heterocycles. The van der Waals surface area contributed by atoms with Gasteiger partial charge in [0.2, 0.25) is 0 Å². The van der Waals surface area contributed by atoms with Gasteiger partial charge < -0.3 is 4.90 Å². The van der Waals surface area contributed by atoms with Crippen molar-refractivity contribution in [3.8, 4) is 0 Å². The summed E-state index contributed by atoms with van der Waals surface area (Å²) in [5.41, 5.74) is 0.764. The lowest BCUT2D eigenvalue weighted by Crippen LogP contribution is -2.53. The van der Waals surface area contributed by atoms with E-state index in [0.717, 1.165) is 42.3 Å². The predicted molar refractivity (Wildman–Crippen MR) is 103 cm³/mol. The van der Waals surface area contributed by atoms with Crippen LogP contribution in [0.25, 0.3) is 10.8 Å². The first-order chi connectivity index (χ1) is 12.5. The molecular formula is C20H24N2O3S. The molecule has 1 amide bonds. The molecule has 0 bridgehead atoms. The zero-order valence-corrected chi connectivity index (χ0v) is 15.6. The monoisotopic (exact) mass is 372 g/mol. The van der Waals surface area contributed by atoms with Gasteiger partial charge in [-0.05, 0) is 29.7 Å². The standard InChI is InChI=1S/C20H24N2O3S/c23-20(19-7-3-5-16-4-1-2-6-18(16)19)22-12-10-21(11-13-22)17-8-14-26(24,25)15-9-17/h1-7,17H,8-15H2. The number of nitrogens with zero attached hydrogens (tertiary/aromatic N) is 2. The van der Waals surface area contributed by atoms with Crippen LogP contribution in [0.4, 0.5) is 0 Å². The van der Waals surface area contributed by atoms with Crippen LogP contribution >= 0.6 is 0 Å². The highest BCUT2D eigenvalue weighted by molar-refractivity contribution is 7.91. The minimum Gasteiger partial charge on any atom is -0.336 e. The van der Waals surface area contributed by atoms with Gasteiger partial charge in [-0.25, -0.2) is 8.42 Å². The normalized spacial score (nSPS) is 21.8. The Morgan fingerprint density at radius 3 is 2.27 bits per heavy atom. The van der Waals surface area contributed by atoms with Crippen LogP contribution in [0, 0.1) is 0 Å². The highest BCUT2D eigenvalue weighted by Gasteiger charge is 2.31. The fourth-order valence-corrected chi connectivity index (χ4v) is 5.58. The second-order valence-electron chi connectivity index (χ2n) is 7.24. The molecule has 2 fully saturated rings. The Kier molecular flexibility index (Phi) is 4.71. The van der Waals surface area contributed by atoms with Crippen molar-refractivity contribution in [3.63, 3.8) is 0 Å². The van der Waals surface area contributed by atoms with Crippen molar-refractivity contribution in [2.24, 2.45) is 0 Å². The van der Waals surface area contributed by atoms with E-state index >= 15 is 0 Å². The summed E-state index contributed by atoms with van der Waals surface area (Å²) < 4.78 is 23.2. The van der Waals surface area contributed by atoms with E-state index in [1.165, 1.54) is 0 Å². The van der Waals surface area contributed by atoms with E-state index in [0.29, 0.717) is 30.6 Å². The van der Waals surface area contributed by atoms with Crippen LogP contribution in [0.2, 0.25) is 0 Å². The first-order valence-corrected chi connectivity index (χ1v) is 11.1. The molecular weight excluding hydrogens is 348 g/mol. The quantitative estimate of drug-likeness (QED) is 0.811. The second-order valence-corrected chi connectivity index (χ2v) is 9.54. The third kappa shape index (κ3) is 3.48. The maximum Gasteiger partial charge on any atom is 0.254 e. The van der Waals surface area contributed by atoms with Crippen LogP contribution in [-0.2, 0) is 9.84 Å². The number of benzene rings is 2. The largest absolute Gasteiger partial charge is 0.336 e. The fraction of sp³-hybridized carbons (Fsp3) is 0.450. The molecule has 2 aliphatic rings. The van der Waals surface area contributed by atoms with Crippen LogP contribution in [0.3, 0.4) is 0 Å². The Hall–Kier alpha value is -1.92. The molecule has 5 nitrogen and oxygen atoms in total. The SMILES string of the molecule is O=C(c1cccc2ccccc12)N1CCN(C2CCS(=O)(=O)CC2)CC1. The first kappa shape index (κ1) is 17.5. The van der Waals surface area contributed by atoms with E-state index in [-0.39, 0.29) is 5.91 Å². The van der Waals surface area contributed by atoms with Crippen molar-refractivity contribution in [1.82, 2.24) is 9.80 Å². The van der Waals surface area contributed by atoms with Crippen LogP contribution in [-0.4, -0.2) is 67.9 Å². The summed E-state index contributed by atoms with van der Waals surface area (Å²) in [6.45, 7) is 3.04.